The van der Waals surface area contributed by atoms with E-state index in [1.807, 2.05) is 0 Å². The van der Waals surface area contributed by atoms with Gasteiger partial charge in [-0.25, -0.2) is 0 Å². The van der Waals surface area contributed by atoms with Crippen molar-refractivity contribution in [2.24, 2.45) is 5.92 Å². The van der Waals surface area contributed by atoms with E-state index in [1.54, 1.807) is 19.1 Å². The summed E-state index contributed by atoms with van der Waals surface area (Å²) in [6.07, 6.45) is 0.192. The van der Waals surface area contributed by atoms with E-state index in [0.29, 0.717) is 11.3 Å². The summed E-state index contributed by atoms with van der Waals surface area (Å²) < 4.78 is 22.2. The first-order valence-electron chi connectivity index (χ1n) is 11.3. The Kier molecular flexibility index (Phi) is 5.63. The molecule has 1 aliphatic carbocycles. The van der Waals surface area contributed by atoms with E-state index in [4.69, 9.17) is 30.5 Å². The lowest BCUT2D eigenvalue weighted by Gasteiger charge is -2.41. The highest BCUT2D eigenvalue weighted by atomic mass is 35.5. The monoisotopic (exact) mass is 513 g/mol. The number of halogens is 1. The van der Waals surface area contributed by atoms with Crippen LogP contribution in [0.25, 0.3) is 0 Å². The lowest BCUT2D eigenvalue weighted by atomic mass is 9.66. The number of hydrogen-bond acceptors (Lipinski definition) is 8. The number of allylic oxidation sites excluding steroid dienone is 1. The zero-order valence-electron chi connectivity index (χ0n) is 20.1. The van der Waals surface area contributed by atoms with Crippen LogP contribution in [0.5, 0.6) is 28.7 Å². The molecule has 2 aromatic carbocycles. The van der Waals surface area contributed by atoms with Crippen molar-refractivity contribution in [3.8, 4) is 28.7 Å². The van der Waals surface area contributed by atoms with E-state index < -0.39 is 29.0 Å². The largest absolute Gasteiger partial charge is 0.504 e. The number of amides is 1. The molecule has 0 aromatic heterocycles. The normalized spacial score (nSPS) is 24.8. The van der Waals surface area contributed by atoms with Crippen molar-refractivity contribution in [3.05, 3.63) is 51.7 Å². The maximum atomic E-state index is 14.3. The summed E-state index contributed by atoms with van der Waals surface area (Å²) in [5.74, 6) is -2.06. The zero-order valence-corrected chi connectivity index (χ0v) is 20.8. The topological polar surface area (TPSA) is 120 Å². The van der Waals surface area contributed by atoms with E-state index in [1.165, 1.54) is 33.5 Å². The van der Waals surface area contributed by atoms with Gasteiger partial charge in [-0.05, 0) is 24.1 Å². The minimum absolute atomic E-state index is 0.0258. The molecule has 10 heteroatoms. The van der Waals surface area contributed by atoms with Gasteiger partial charge in [0, 0.05) is 35.6 Å². The molecule has 5 rings (SSSR count). The summed E-state index contributed by atoms with van der Waals surface area (Å²) in [7, 11) is 4.23. The van der Waals surface area contributed by atoms with Gasteiger partial charge in [-0.2, -0.15) is 0 Å². The highest BCUT2D eigenvalue weighted by Crippen LogP contribution is 2.55. The fourth-order valence-electron chi connectivity index (χ4n) is 5.39. The summed E-state index contributed by atoms with van der Waals surface area (Å²) in [5.41, 5.74) is -0.482. The molecule has 0 saturated carbocycles. The quantitative estimate of drug-likeness (QED) is 0.595. The zero-order chi connectivity index (χ0) is 25.9. The van der Waals surface area contributed by atoms with Crippen LogP contribution in [-0.2, 0) is 9.59 Å². The highest BCUT2D eigenvalue weighted by molar-refractivity contribution is 6.36. The fourth-order valence-corrected chi connectivity index (χ4v) is 5.65. The maximum absolute atomic E-state index is 14.3. The second-order valence-corrected chi connectivity index (χ2v) is 9.41. The number of Topliss-reactive ketones (excluding diaryl/α,β-unsaturated/α-hetero) is 2. The minimum Gasteiger partial charge on any atom is -0.504 e. The first kappa shape index (κ1) is 24.0. The molecule has 0 radical (unpaired) electrons. The van der Waals surface area contributed by atoms with Crippen molar-refractivity contribution in [2.45, 2.75) is 31.3 Å². The number of methoxy groups -OCH3 is 3. The van der Waals surface area contributed by atoms with Gasteiger partial charge in [0.05, 0.1) is 21.3 Å². The van der Waals surface area contributed by atoms with Gasteiger partial charge in [-0.3, -0.25) is 14.4 Å². The molecule has 36 heavy (non-hydrogen) atoms. The molecule has 1 unspecified atom stereocenters. The van der Waals surface area contributed by atoms with Crippen molar-refractivity contribution in [1.82, 2.24) is 5.32 Å². The molecule has 2 N–H and O–H groups in total. The predicted octanol–water partition coefficient (Wildman–Crippen LogP) is 3.55. The average molecular weight is 514 g/mol. The number of carbonyl (C=O) groups excluding carboxylic acids is 3. The van der Waals surface area contributed by atoms with E-state index in [9.17, 15) is 19.5 Å². The number of carbonyl (C=O) groups is 3. The third-order valence-electron chi connectivity index (χ3n) is 7.16. The molecule has 1 amide bonds. The summed E-state index contributed by atoms with van der Waals surface area (Å²) in [6, 6.07) is 6.13. The number of nitrogens with one attached hydrogen (secondary N) is 1. The van der Waals surface area contributed by atoms with Crippen LogP contribution in [0.1, 0.15) is 41.6 Å². The van der Waals surface area contributed by atoms with Crippen LogP contribution in [0.15, 0.2) is 35.5 Å². The highest BCUT2D eigenvalue weighted by Gasteiger charge is 2.63. The Bertz CT molecular complexity index is 1370. The number of phenols is 1. The summed E-state index contributed by atoms with van der Waals surface area (Å²) in [5, 5.41) is 12.9. The molecule has 2 heterocycles. The molecule has 2 aliphatic heterocycles. The van der Waals surface area contributed by atoms with Crippen molar-refractivity contribution < 1.29 is 38.4 Å². The first-order valence-corrected chi connectivity index (χ1v) is 11.7. The Hall–Kier alpha value is -3.72. The van der Waals surface area contributed by atoms with Gasteiger partial charge in [-0.15, -0.1) is 0 Å². The molecule has 188 valence electrons. The Morgan fingerprint density at radius 3 is 2.36 bits per heavy atom. The van der Waals surface area contributed by atoms with Crippen molar-refractivity contribution >= 4 is 29.1 Å². The second kappa shape index (κ2) is 8.44. The Morgan fingerprint density at radius 2 is 1.69 bits per heavy atom. The molecular weight excluding hydrogens is 490 g/mol. The van der Waals surface area contributed by atoms with Crippen LogP contribution in [0.3, 0.4) is 0 Å². The SMILES string of the molecule is COc1cc(C2CC(=O)NC3=C2C(=O)[C@@]2(Oc4c(Cl)c(OC)cc(OC)c4C2=O)[C@H](C)C3)ccc1O. The van der Waals surface area contributed by atoms with Gasteiger partial charge in [0.15, 0.2) is 17.2 Å². The lowest BCUT2D eigenvalue weighted by molar-refractivity contribution is -0.131. The van der Waals surface area contributed by atoms with Crippen LogP contribution in [0.4, 0.5) is 0 Å². The van der Waals surface area contributed by atoms with Crippen LogP contribution in [0.2, 0.25) is 5.02 Å². The number of ether oxygens (including phenoxy) is 4. The Balaban J connectivity index is 1.67. The number of benzene rings is 2. The molecule has 3 atom stereocenters. The van der Waals surface area contributed by atoms with Crippen LogP contribution < -0.4 is 24.3 Å². The smallest absolute Gasteiger partial charge is 0.236 e. The molecule has 0 saturated heterocycles. The summed E-state index contributed by atoms with van der Waals surface area (Å²) in [6.45, 7) is 1.72. The van der Waals surface area contributed by atoms with Crippen molar-refractivity contribution in [3.63, 3.8) is 0 Å². The van der Waals surface area contributed by atoms with Crippen molar-refractivity contribution in [2.75, 3.05) is 21.3 Å². The fraction of sp³-hybridized carbons (Fsp3) is 0.346. The number of phenolic OH excluding ortho intramolecular Hbond substituents is 1. The summed E-state index contributed by atoms with van der Waals surface area (Å²) >= 11 is 6.50. The minimum atomic E-state index is -1.88. The van der Waals surface area contributed by atoms with E-state index in [2.05, 4.69) is 5.32 Å². The van der Waals surface area contributed by atoms with Gasteiger partial charge >= 0.3 is 0 Å². The number of hydrogen-bond donors (Lipinski definition) is 2. The van der Waals surface area contributed by atoms with Crippen LogP contribution in [0, 0.1) is 5.92 Å². The van der Waals surface area contributed by atoms with Crippen molar-refractivity contribution in [1.29, 1.82) is 0 Å². The van der Waals surface area contributed by atoms with Gasteiger partial charge < -0.3 is 29.4 Å². The number of aromatic hydroxyl groups is 1. The third-order valence-corrected chi connectivity index (χ3v) is 7.52. The Morgan fingerprint density at radius 1 is 1.00 bits per heavy atom. The van der Waals surface area contributed by atoms with Gasteiger partial charge in [-0.1, -0.05) is 24.6 Å². The molecular formula is C26H24ClNO8. The molecule has 0 bridgehead atoms. The molecule has 1 spiro atoms. The van der Waals surface area contributed by atoms with Gasteiger partial charge in [0.2, 0.25) is 23.1 Å². The average Bonchev–Trinajstić information content (AvgIpc) is 3.17. The lowest BCUT2D eigenvalue weighted by Crippen LogP contribution is -2.59. The third kappa shape index (κ3) is 3.19. The van der Waals surface area contributed by atoms with E-state index >= 15 is 0 Å². The first-order chi connectivity index (χ1) is 17.2. The maximum Gasteiger partial charge on any atom is 0.236 e. The van der Waals surface area contributed by atoms with Crippen LogP contribution in [-0.4, -0.2) is 49.5 Å². The Labute approximate surface area is 211 Å². The van der Waals surface area contributed by atoms with E-state index in [-0.39, 0.29) is 63.7 Å². The number of fused-ring (bicyclic) bond motifs is 1. The number of rotatable bonds is 4. The standard InChI is InChI=1S/C26H24ClNO8/c1-11-7-14-20(13(9-19(30)28-14)12-5-6-15(29)16(8-12)33-2)24(31)26(11)25(32)21-17(34-3)10-18(35-4)22(27)23(21)36-26/h5-6,8,10-11,13,29H,7,9H2,1-4H3,(H,28,30)/t11-,13?,26+/m1/s1. The molecule has 9 nitrogen and oxygen atoms in total. The van der Waals surface area contributed by atoms with Gasteiger partial charge in [0.25, 0.3) is 0 Å². The number of ketones is 2. The predicted molar refractivity (Wildman–Crippen MR) is 128 cm³/mol. The molecule has 2 aromatic rings. The molecule has 0 fully saturated rings. The van der Waals surface area contributed by atoms with Crippen LogP contribution >= 0.6 is 11.6 Å². The second-order valence-electron chi connectivity index (χ2n) is 9.03. The molecule has 3 aliphatic rings. The summed E-state index contributed by atoms with van der Waals surface area (Å²) in [4.78, 5) is 40.9. The van der Waals surface area contributed by atoms with Gasteiger partial charge in [0.1, 0.15) is 22.1 Å². The van der Waals surface area contributed by atoms with E-state index in [0.717, 1.165) is 0 Å².